The lowest BCUT2D eigenvalue weighted by Crippen LogP contribution is -2.64. The van der Waals surface area contributed by atoms with Crippen molar-refractivity contribution in [3.8, 4) is 0 Å². The summed E-state index contributed by atoms with van der Waals surface area (Å²) in [7, 11) is 3.39. The molecule has 4 nitrogen and oxygen atoms in total. The molecule has 2 fully saturated rings. The fourth-order valence-electron chi connectivity index (χ4n) is 2.69. The summed E-state index contributed by atoms with van der Waals surface area (Å²) in [5.41, 5.74) is 0. The Morgan fingerprint density at radius 3 is 2.40 bits per heavy atom. The quantitative estimate of drug-likeness (QED) is 0.691. The van der Waals surface area contributed by atoms with E-state index in [1.807, 2.05) is 0 Å². The third kappa shape index (κ3) is 2.33. The molecule has 2 unspecified atom stereocenters. The van der Waals surface area contributed by atoms with Crippen molar-refractivity contribution in [2.24, 2.45) is 5.92 Å². The second-order valence-corrected chi connectivity index (χ2v) is 4.82. The van der Waals surface area contributed by atoms with Gasteiger partial charge in [-0.25, -0.2) is 0 Å². The van der Waals surface area contributed by atoms with Crippen LogP contribution in [0.2, 0.25) is 0 Å². The van der Waals surface area contributed by atoms with Crippen molar-refractivity contribution in [1.29, 1.82) is 0 Å². The van der Waals surface area contributed by atoms with Crippen molar-refractivity contribution in [2.75, 3.05) is 33.9 Å². The molecular formula is C11H21NO3. The zero-order chi connectivity index (χ0) is 10.9. The predicted molar refractivity (Wildman–Crippen MR) is 56.5 cm³/mol. The summed E-state index contributed by atoms with van der Waals surface area (Å²) in [6, 6.07) is 0. The average Bonchev–Trinajstić information content (AvgIpc) is 2.57. The van der Waals surface area contributed by atoms with E-state index in [2.05, 4.69) is 4.90 Å². The Balaban J connectivity index is 1.71. The molecule has 1 N–H and O–H groups in total. The molecule has 0 aromatic heterocycles. The van der Waals surface area contributed by atoms with Crippen molar-refractivity contribution in [3.05, 3.63) is 0 Å². The minimum absolute atomic E-state index is 0.0640. The van der Waals surface area contributed by atoms with Crippen LogP contribution in [0.5, 0.6) is 0 Å². The van der Waals surface area contributed by atoms with E-state index in [1.54, 1.807) is 14.2 Å². The van der Waals surface area contributed by atoms with Crippen LogP contribution in [-0.2, 0) is 9.47 Å². The van der Waals surface area contributed by atoms with Crippen molar-refractivity contribution < 1.29 is 14.6 Å². The van der Waals surface area contributed by atoms with Crippen LogP contribution in [0, 0.1) is 5.92 Å². The van der Waals surface area contributed by atoms with Crippen molar-refractivity contribution in [1.82, 2.24) is 4.90 Å². The topological polar surface area (TPSA) is 41.9 Å². The number of likely N-dealkylation sites (tertiary alicyclic amines) is 1. The predicted octanol–water partition coefficient (Wildman–Crippen LogP) is 0.452. The summed E-state index contributed by atoms with van der Waals surface area (Å²) in [5, 5.41) is 9.43. The van der Waals surface area contributed by atoms with Crippen LogP contribution in [0.3, 0.4) is 0 Å². The van der Waals surface area contributed by atoms with Crippen LogP contribution < -0.4 is 0 Å². The first-order valence-electron chi connectivity index (χ1n) is 5.68. The Morgan fingerprint density at radius 1 is 1.27 bits per heavy atom. The van der Waals surface area contributed by atoms with Gasteiger partial charge in [0.05, 0.1) is 19.2 Å². The standard InChI is InChI=1S/C11H21NO3/c1-14-11(15-2)7-12(8-11)6-9-3-4-10(13)5-9/h9-10,13H,3-8H2,1-2H3. The van der Waals surface area contributed by atoms with Gasteiger partial charge in [0.15, 0.2) is 5.79 Å². The van der Waals surface area contributed by atoms with Crippen LogP contribution in [-0.4, -0.2) is 55.8 Å². The smallest absolute Gasteiger partial charge is 0.193 e. The minimum atomic E-state index is -0.364. The zero-order valence-electron chi connectivity index (χ0n) is 9.61. The number of nitrogens with zero attached hydrogens (tertiary/aromatic N) is 1. The van der Waals surface area contributed by atoms with Gasteiger partial charge in [-0.15, -0.1) is 0 Å². The van der Waals surface area contributed by atoms with Crippen molar-refractivity contribution in [3.63, 3.8) is 0 Å². The van der Waals surface area contributed by atoms with Gasteiger partial charge in [-0.1, -0.05) is 0 Å². The summed E-state index contributed by atoms with van der Waals surface area (Å²) in [6.07, 6.45) is 3.03. The first-order chi connectivity index (χ1) is 7.17. The van der Waals surface area contributed by atoms with E-state index in [4.69, 9.17) is 9.47 Å². The Kier molecular flexibility index (Phi) is 3.30. The summed E-state index contributed by atoms with van der Waals surface area (Å²) < 4.78 is 10.7. The molecule has 0 bridgehead atoms. The Bertz CT molecular complexity index is 210. The summed E-state index contributed by atoms with van der Waals surface area (Å²) in [6.45, 7) is 2.78. The number of rotatable bonds is 4. The molecule has 0 spiro atoms. The number of aliphatic hydroxyl groups is 1. The first-order valence-corrected chi connectivity index (χ1v) is 5.68. The highest BCUT2D eigenvalue weighted by molar-refractivity contribution is 4.91. The van der Waals surface area contributed by atoms with E-state index >= 15 is 0 Å². The van der Waals surface area contributed by atoms with Gasteiger partial charge in [-0.3, -0.25) is 4.90 Å². The largest absolute Gasteiger partial charge is 0.393 e. The molecule has 1 heterocycles. The van der Waals surface area contributed by atoms with Gasteiger partial charge < -0.3 is 14.6 Å². The normalized spacial score (nSPS) is 35.4. The van der Waals surface area contributed by atoms with Gasteiger partial charge in [-0.2, -0.15) is 0 Å². The van der Waals surface area contributed by atoms with Gasteiger partial charge in [0.25, 0.3) is 0 Å². The fourth-order valence-corrected chi connectivity index (χ4v) is 2.69. The van der Waals surface area contributed by atoms with E-state index in [0.717, 1.165) is 38.9 Å². The summed E-state index contributed by atoms with van der Waals surface area (Å²) in [4.78, 5) is 2.34. The molecule has 2 atom stereocenters. The molecule has 88 valence electrons. The maximum Gasteiger partial charge on any atom is 0.193 e. The Morgan fingerprint density at radius 2 is 1.93 bits per heavy atom. The minimum Gasteiger partial charge on any atom is -0.393 e. The van der Waals surface area contributed by atoms with Gasteiger partial charge in [0, 0.05) is 20.8 Å². The summed E-state index contributed by atoms with van der Waals surface area (Å²) >= 11 is 0. The molecule has 2 aliphatic rings. The molecule has 4 heteroatoms. The second kappa shape index (κ2) is 4.37. The van der Waals surface area contributed by atoms with Gasteiger partial charge >= 0.3 is 0 Å². The highest BCUT2D eigenvalue weighted by Crippen LogP contribution is 2.31. The molecular weight excluding hydrogens is 194 g/mol. The molecule has 0 radical (unpaired) electrons. The van der Waals surface area contributed by atoms with Crippen LogP contribution in [0.4, 0.5) is 0 Å². The molecule has 0 aromatic carbocycles. The highest BCUT2D eigenvalue weighted by atomic mass is 16.7. The second-order valence-electron chi connectivity index (χ2n) is 4.82. The molecule has 1 aliphatic heterocycles. The van der Waals surface area contributed by atoms with Crippen LogP contribution in [0.25, 0.3) is 0 Å². The van der Waals surface area contributed by atoms with Gasteiger partial charge in [-0.05, 0) is 25.2 Å². The monoisotopic (exact) mass is 215 g/mol. The number of methoxy groups -OCH3 is 2. The van der Waals surface area contributed by atoms with E-state index in [0.29, 0.717) is 5.92 Å². The lowest BCUT2D eigenvalue weighted by atomic mass is 10.0. The lowest BCUT2D eigenvalue weighted by molar-refractivity contribution is -0.276. The number of ether oxygens (including phenoxy) is 2. The molecule has 1 aliphatic carbocycles. The van der Waals surface area contributed by atoms with Gasteiger partial charge in [0.2, 0.25) is 0 Å². The van der Waals surface area contributed by atoms with Gasteiger partial charge in [0.1, 0.15) is 0 Å². The first kappa shape index (κ1) is 11.3. The maximum atomic E-state index is 9.43. The van der Waals surface area contributed by atoms with Crippen LogP contribution >= 0.6 is 0 Å². The molecule has 0 aromatic rings. The van der Waals surface area contributed by atoms with Crippen molar-refractivity contribution >= 4 is 0 Å². The third-order valence-electron chi connectivity index (χ3n) is 3.70. The van der Waals surface area contributed by atoms with E-state index in [1.165, 1.54) is 0 Å². The van der Waals surface area contributed by atoms with E-state index < -0.39 is 0 Å². The maximum absolute atomic E-state index is 9.43. The molecule has 1 saturated carbocycles. The highest BCUT2D eigenvalue weighted by Gasteiger charge is 2.44. The number of hydrogen-bond donors (Lipinski definition) is 1. The average molecular weight is 215 g/mol. The lowest BCUT2D eigenvalue weighted by Gasteiger charge is -2.48. The molecule has 2 rings (SSSR count). The zero-order valence-corrected chi connectivity index (χ0v) is 9.61. The van der Waals surface area contributed by atoms with E-state index in [-0.39, 0.29) is 11.9 Å². The summed E-state index contributed by atoms with van der Waals surface area (Å²) in [5.74, 6) is 0.295. The molecule has 1 saturated heterocycles. The van der Waals surface area contributed by atoms with E-state index in [9.17, 15) is 5.11 Å². The number of hydrogen-bond acceptors (Lipinski definition) is 4. The Labute approximate surface area is 91.2 Å². The SMILES string of the molecule is COC1(OC)CN(CC2CCC(O)C2)C1. The van der Waals surface area contributed by atoms with Crippen molar-refractivity contribution in [2.45, 2.75) is 31.2 Å². The van der Waals surface area contributed by atoms with Crippen LogP contribution in [0.15, 0.2) is 0 Å². The third-order valence-corrected chi connectivity index (χ3v) is 3.70. The number of aliphatic hydroxyl groups excluding tert-OH is 1. The molecule has 15 heavy (non-hydrogen) atoms. The fraction of sp³-hybridized carbons (Fsp3) is 1.00. The molecule has 0 amide bonds. The van der Waals surface area contributed by atoms with Crippen LogP contribution in [0.1, 0.15) is 19.3 Å². The Hall–Kier alpha value is -0.160.